The second-order valence-corrected chi connectivity index (χ2v) is 8.18. The Morgan fingerprint density at radius 1 is 1.16 bits per heavy atom. The van der Waals surface area contributed by atoms with Crippen molar-refractivity contribution in [1.29, 1.82) is 0 Å². The molecule has 2 rings (SSSR count). The first kappa shape index (κ1) is 25.0. The predicted octanol–water partition coefficient (Wildman–Crippen LogP) is 3.63. The molecule has 1 amide bonds. The summed E-state index contributed by atoms with van der Waals surface area (Å²) in [6, 6.07) is 0. The van der Waals surface area contributed by atoms with Crippen LogP contribution >= 0.6 is 24.8 Å². The maximum absolute atomic E-state index is 12.2. The Hall–Kier alpha value is -0.0300. The molecule has 0 aromatic heterocycles. The summed E-state index contributed by atoms with van der Waals surface area (Å²) in [5.74, 6) is 1.81. The Morgan fingerprint density at radius 3 is 2.48 bits per heavy atom. The molecule has 2 aliphatic rings. The molecule has 25 heavy (non-hydrogen) atoms. The van der Waals surface area contributed by atoms with Gasteiger partial charge in [0.15, 0.2) is 0 Å². The van der Waals surface area contributed by atoms with Crippen molar-refractivity contribution >= 4 is 30.7 Å². The number of likely N-dealkylation sites (tertiary alicyclic amines) is 1. The smallest absolute Gasteiger partial charge is 0.220 e. The van der Waals surface area contributed by atoms with Crippen LogP contribution in [-0.4, -0.2) is 49.1 Å². The molecule has 2 N–H and O–H groups in total. The van der Waals surface area contributed by atoms with Crippen molar-refractivity contribution in [3.05, 3.63) is 0 Å². The van der Waals surface area contributed by atoms with E-state index in [1.165, 1.54) is 45.2 Å². The molecule has 2 aliphatic heterocycles. The normalized spacial score (nSPS) is 22.6. The average Bonchev–Trinajstić information content (AvgIpc) is 2.59. The molecule has 2 fully saturated rings. The van der Waals surface area contributed by atoms with Gasteiger partial charge < -0.3 is 10.6 Å². The largest absolute Gasteiger partial charge is 0.354 e. The summed E-state index contributed by atoms with van der Waals surface area (Å²) in [4.78, 5) is 14.8. The second-order valence-electron chi connectivity index (χ2n) is 8.18. The van der Waals surface area contributed by atoms with Crippen LogP contribution in [-0.2, 0) is 4.79 Å². The number of piperidine rings is 2. The molecule has 150 valence electrons. The van der Waals surface area contributed by atoms with E-state index < -0.39 is 0 Å². The van der Waals surface area contributed by atoms with E-state index in [1.54, 1.807) is 0 Å². The van der Waals surface area contributed by atoms with Crippen LogP contribution in [0.4, 0.5) is 0 Å². The van der Waals surface area contributed by atoms with Crippen LogP contribution in [0.5, 0.6) is 0 Å². The van der Waals surface area contributed by atoms with Gasteiger partial charge in [-0.25, -0.2) is 0 Å². The number of amides is 1. The first-order valence-corrected chi connectivity index (χ1v) is 9.73. The Bertz CT molecular complexity index is 374. The van der Waals surface area contributed by atoms with E-state index in [2.05, 4.69) is 36.3 Å². The van der Waals surface area contributed by atoms with Crippen molar-refractivity contribution in [2.75, 3.05) is 32.7 Å². The Balaban J connectivity index is 0.00000288. The van der Waals surface area contributed by atoms with Crippen LogP contribution in [0.2, 0.25) is 0 Å². The predicted molar refractivity (Wildman–Crippen MR) is 111 cm³/mol. The molecular weight excluding hydrogens is 357 g/mol. The summed E-state index contributed by atoms with van der Waals surface area (Å²) < 4.78 is 0. The summed E-state index contributed by atoms with van der Waals surface area (Å²) in [6.07, 6.45) is 8.14. The average molecular weight is 396 g/mol. The fraction of sp³-hybridized carbons (Fsp3) is 0.947. The minimum atomic E-state index is 0. The van der Waals surface area contributed by atoms with Gasteiger partial charge in [-0.05, 0) is 77.4 Å². The van der Waals surface area contributed by atoms with Crippen LogP contribution < -0.4 is 10.6 Å². The highest BCUT2D eigenvalue weighted by Gasteiger charge is 2.31. The third-order valence-corrected chi connectivity index (χ3v) is 5.91. The zero-order chi connectivity index (χ0) is 16.7. The maximum Gasteiger partial charge on any atom is 0.220 e. The molecule has 4 nitrogen and oxygen atoms in total. The number of carbonyl (C=O) groups excluding carboxylic acids is 1. The van der Waals surface area contributed by atoms with Gasteiger partial charge in [0.1, 0.15) is 0 Å². The second kappa shape index (κ2) is 12.4. The van der Waals surface area contributed by atoms with E-state index in [-0.39, 0.29) is 36.3 Å². The van der Waals surface area contributed by atoms with Gasteiger partial charge in [0.25, 0.3) is 0 Å². The summed E-state index contributed by atoms with van der Waals surface area (Å²) >= 11 is 0. The molecule has 1 unspecified atom stereocenters. The van der Waals surface area contributed by atoms with E-state index in [0.29, 0.717) is 6.42 Å². The molecule has 0 aromatic rings. The zero-order valence-corrected chi connectivity index (χ0v) is 17.9. The van der Waals surface area contributed by atoms with Crippen molar-refractivity contribution < 1.29 is 4.79 Å². The number of nitrogens with zero attached hydrogens (tertiary/aromatic N) is 1. The van der Waals surface area contributed by atoms with E-state index in [1.807, 2.05) is 0 Å². The summed E-state index contributed by atoms with van der Waals surface area (Å²) in [5.41, 5.74) is 0.0677. The number of hydrogen-bond donors (Lipinski definition) is 2. The van der Waals surface area contributed by atoms with E-state index >= 15 is 0 Å². The summed E-state index contributed by atoms with van der Waals surface area (Å²) in [5, 5.41) is 6.58. The molecule has 0 aliphatic carbocycles. The van der Waals surface area contributed by atoms with Gasteiger partial charge in [-0.1, -0.05) is 13.3 Å². The van der Waals surface area contributed by atoms with Crippen LogP contribution in [0.25, 0.3) is 0 Å². The molecule has 2 saturated heterocycles. The highest BCUT2D eigenvalue weighted by Crippen LogP contribution is 2.25. The molecule has 2 heterocycles. The third-order valence-electron chi connectivity index (χ3n) is 5.91. The van der Waals surface area contributed by atoms with Gasteiger partial charge in [0.05, 0.1) is 0 Å². The zero-order valence-electron chi connectivity index (χ0n) is 16.3. The highest BCUT2D eigenvalue weighted by molar-refractivity contribution is 5.85. The molecule has 0 saturated carbocycles. The molecule has 0 radical (unpaired) electrons. The van der Waals surface area contributed by atoms with Crippen molar-refractivity contribution in [2.24, 2.45) is 11.8 Å². The number of halogens is 2. The van der Waals surface area contributed by atoms with Gasteiger partial charge in [-0.2, -0.15) is 0 Å². The van der Waals surface area contributed by atoms with Gasteiger partial charge in [0.2, 0.25) is 5.91 Å². The van der Waals surface area contributed by atoms with E-state index in [0.717, 1.165) is 37.9 Å². The number of rotatable bonds is 7. The SMILES string of the molecule is CCC1CCCN(C(C)(C)CNC(=O)CCC2CCNCC2)C1.Cl.Cl. The lowest BCUT2D eigenvalue weighted by molar-refractivity contribution is -0.122. The minimum Gasteiger partial charge on any atom is -0.354 e. The highest BCUT2D eigenvalue weighted by atomic mass is 35.5. The fourth-order valence-electron chi connectivity index (χ4n) is 3.97. The Kier molecular flexibility index (Phi) is 12.4. The van der Waals surface area contributed by atoms with E-state index in [9.17, 15) is 4.79 Å². The first-order valence-electron chi connectivity index (χ1n) is 9.73. The Morgan fingerprint density at radius 2 is 1.84 bits per heavy atom. The lowest BCUT2D eigenvalue weighted by atomic mass is 9.90. The summed E-state index contributed by atoms with van der Waals surface area (Å²) in [7, 11) is 0. The quantitative estimate of drug-likeness (QED) is 0.691. The van der Waals surface area contributed by atoms with Gasteiger partial charge in [-0.3, -0.25) is 9.69 Å². The van der Waals surface area contributed by atoms with Gasteiger partial charge in [0, 0.05) is 25.0 Å². The van der Waals surface area contributed by atoms with Crippen LogP contribution in [0, 0.1) is 11.8 Å². The molecule has 0 bridgehead atoms. The van der Waals surface area contributed by atoms with Crippen LogP contribution in [0.3, 0.4) is 0 Å². The molecule has 6 heteroatoms. The lowest BCUT2D eigenvalue weighted by Gasteiger charge is -2.43. The standard InChI is InChI=1S/C19H37N3O.2ClH/c1-4-16-6-5-13-22(14-16)19(2,3)15-21-18(23)8-7-17-9-11-20-12-10-17;;/h16-17,20H,4-15H2,1-3H3,(H,21,23);2*1H. The minimum absolute atomic E-state index is 0. The maximum atomic E-state index is 12.2. The van der Waals surface area contributed by atoms with Crippen LogP contribution in [0.15, 0.2) is 0 Å². The van der Waals surface area contributed by atoms with Crippen molar-refractivity contribution in [3.63, 3.8) is 0 Å². The topological polar surface area (TPSA) is 44.4 Å². The number of hydrogen-bond acceptors (Lipinski definition) is 3. The van der Waals surface area contributed by atoms with Crippen LogP contribution in [0.1, 0.15) is 65.7 Å². The molecule has 0 spiro atoms. The van der Waals surface area contributed by atoms with Gasteiger partial charge >= 0.3 is 0 Å². The fourth-order valence-corrected chi connectivity index (χ4v) is 3.97. The summed E-state index contributed by atoms with van der Waals surface area (Å²) in [6.45, 7) is 12.2. The lowest BCUT2D eigenvalue weighted by Crippen LogP contribution is -2.54. The number of nitrogens with one attached hydrogen (secondary N) is 2. The van der Waals surface area contributed by atoms with E-state index in [4.69, 9.17) is 0 Å². The third kappa shape index (κ3) is 8.47. The monoisotopic (exact) mass is 395 g/mol. The Labute approximate surface area is 167 Å². The van der Waals surface area contributed by atoms with Gasteiger partial charge in [-0.15, -0.1) is 24.8 Å². The van der Waals surface area contributed by atoms with Crippen molar-refractivity contribution in [3.8, 4) is 0 Å². The van der Waals surface area contributed by atoms with Crippen molar-refractivity contribution in [2.45, 2.75) is 71.3 Å². The molecule has 1 atom stereocenters. The number of carbonyl (C=O) groups is 1. The molecular formula is C19H39Cl2N3O. The molecule has 0 aromatic carbocycles. The van der Waals surface area contributed by atoms with Crippen molar-refractivity contribution in [1.82, 2.24) is 15.5 Å². The first-order chi connectivity index (χ1) is 11.0.